The van der Waals surface area contributed by atoms with E-state index in [4.69, 9.17) is 9.47 Å². The van der Waals surface area contributed by atoms with Crippen molar-refractivity contribution >= 4 is 11.2 Å². The Morgan fingerprint density at radius 1 is 1.08 bits per heavy atom. The zero-order valence-electron chi connectivity index (χ0n) is 13.5. The largest absolute Gasteiger partial charge is 0.416 e. The van der Waals surface area contributed by atoms with Crippen LogP contribution in [0.2, 0.25) is 0 Å². The van der Waals surface area contributed by atoms with Gasteiger partial charge in [-0.3, -0.25) is 4.57 Å². The molecule has 0 aliphatic rings. The van der Waals surface area contributed by atoms with E-state index in [1.807, 2.05) is 0 Å². The van der Waals surface area contributed by atoms with E-state index in [2.05, 4.69) is 9.97 Å². The minimum absolute atomic E-state index is 0.174. The molecule has 0 unspecified atom stereocenters. The topological polar surface area (TPSA) is 49.2 Å². The predicted octanol–water partition coefficient (Wildman–Crippen LogP) is 3.74. The molecule has 5 nitrogen and oxygen atoms in total. The molecule has 0 N–H and O–H groups in total. The van der Waals surface area contributed by atoms with Crippen LogP contribution in [0, 0.1) is 0 Å². The Bertz CT molecular complexity index is 844. The van der Waals surface area contributed by atoms with E-state index in [1.165, 1.54) is 12.1 Å². The fraction of sp³-hybridized carbons (Fsp3) is 0.294. The van der Waals surface area contributed by atoms with Gasteiger partial charge in [0.25, 0.3) is 0 Å². The van der Waals surface area contributed by atoms with Gasteiger partial charge in [-0.1, -0.05) is 12.1 Å². The van der Waals surface area contributed by atoms with Gasteiger partial charge in [-0.2, -0.15) is 13.2 Å². The normalized spacial score (nSPS) is 12.0. The summed E-state index contributed by atoms with van der Waals surface area (Å²) in [4.78, 5) is 8.77. The number of hydrogen-bond donors (Lipinski definition) is 0. The van der Waals surface area contributed by atoms with Crippen molar-refractivity contribution in [2.75, 3.05) is 20.3 Å². The lowest BCUT2D eigenvalue weighted by Crippen LogP contribution is -2.09. The zero-order valence-corrected chi connectivity index (χ0v) is 13.5. The monoisotopic (exact) mass is 351 g/mol. The number of halogens is 3. The van der Waals surface area contributed by atoms with E-state index in [9.17, 15) is 13.2 Å². The van der Waals surface area contributed by atoms with Crippen LogP contribution in [0.4, 0.5) is 13.2 Å². The number of methoxy groups -OCH3 is 1. The van der Waals surface area contributed by atoms with Crippen LogP contribution in [0.5, 0.6) is 0 Å². The molecule has 0 atom stereocenters. The molecule has 0 fully saturated rings. The second-order valence-electron chi connectivity index (χ2n) is 5.31. The van der Waals surface area contributed by atoms with Crippen LogP contribution in [-0.4, -0.2) is 34.9 Å². The first-order valence-corrected chi connectivity index (χ1v) is 7.56. The van der Waals surface area contributed by atoms with Gasteiger partial charge in [-0.05, 0) is 24.3 Å². The van der Waals surface area contributed by atoms with E-state index in [-0.39, 0.29) is 6.73 Å². The molecule has 132 valence electrons. The molecule has 25 heavy (non-hydrogen) atoms. The number of hydrogen-bond acceptors (Lipinski definition) is 4. The number of rotatable bonds is 6. The highest BCUT2D eigenvalue weighted by Gasteiger charge is 2.30. The van der Waals surface area contributed by atoms with Crippen molar-refractivity contribution in [2.24, 2.45) is 0 Å². The molecule has 1 aromatic carbocycles. The van der Waals surface area contributed by atoms with Crippen molar-refractivity contribution in [1.29, 1.82) is 0 Å². The lowest BCUT2D eigenvalue weighted by Gasteiger charge is -2.11. The maximum Gasteiger partial charge on any atom is 0.416 e. The molecule has 3 aromatic rings. The van der Waals surface area contributed by atoms with Gasteiger partial charge in [-0.25, -0.2) is 9.97 Å². The molecule has 0 aliphatic carbocycles. The van der Waals surface area contributed by atoms with Gasteiger partial charge in [0.15, 0.2) is 5.65 Å². The van der Waals surface area contributed by atoms with Crippen LogP contribution >= 0.6 is 0 Å². The summed E-state index contributed by atoms with van der Waals surface area (Å²) in [6, 6.07) is 8.42. The number of alkyl halides is 3. The van der Waals surface area contributed by atoms with Crippen molar-refractivity contribution in [1.82, 2.24) is 14.5 Å². The molecule has 2 heterocycles. The summed E-state index contributed by atoms with van der Waals surface area (Å²) >= 11 is 0. The van der Waals surface area contributed by atoms with Gasteiger partial charge >= 0.3 is 6.18 Å². The maximum absolute atomic E-state index is 12.7. The second-order valence-corrected chi connectivity index (χ2v) is 5.31. The first kappa shape index (κ1) is 17.4. The lowest BCUT2D eigenvalue weighted by atomic mass is 10.1. The standard InChI is InChI=1S/C17H16F3N3O2/c1-24-9-10-25-11-23-15(22-14-3-2-8-21-16(14)23)12-4-6-13(7-5-12)17(18,19)20/h2-8H,9-11H2,1H3. The summed E-state index contributed by atoms with van der Waals surface area (Å²) in [6.07, 6.45) is -2.74. The highest BCUT2D eigenvalue weighted by Crippen LogP contribution is 2.31. The Labute approximate surface area is 142 Å². The first-order chi connectivity index (χ1) is 12.0. The SMILES string of the molecule is COCCOCn1c(-c2ccc(C(F)(F)F)cc2)nc2cccnc21. The average Bonchev–Trinajstić information content (AvgIpc) is 2.97. The quantitative estimate of drug-likeness (QED) is 0.635. The van der Waals surface area contributed by atoms with Crippen molar-refractivity contribution in [3.8, 4) is 11.4 Å². The Balaban J connectivity index is 1.97. The number of benzene rings is 1. The van der Waals surface area contributed by atoms with Crippen molar-refractivity contribution in [3.63, 3.8) is 0 Å². The number of nitrogens with zero attached hydrogens (tertiary/aromatic N) is 3. The molecular formula is C17H16F3N3O2. The van der Waals surface area contributed by atoms with Crippen molar-refractivity contribution in [3.05, 3.63) is 48.2 Å². The zero-order chi connectivity index (χ0) is 17.9. The van der Waals surface area contributed by atoms with Gasteiger partial charge < -0.3 is 9.47 Å². The molecule has 8 heteroatoms. The van der Waals surface area contributed by atoms with Gasteiger partial charge in [0.05, 0.1) is 18.8 Å². The molecule has 2 aromatic heterocycles. The number of imidazole rings is 1. The van der Waals surface area contributed by atoms with E-state index in [1.54, 1.807) is 30.0 Å². The summed E-state index contributed by atoms with van der Waals surface area (Å²) in [5.41, 5.74) is 1.11. The van der Waals surface area contributed by atoms with E-state index in [0.29, 0.717) is 35.8 Å². The predicted molar refractivity (Wildman–Crippen MR) is 85.8 cm³/mol. The lowest BCUT2D eigenvalue weighted by molar-refractivity contribution is -0.137. The van der Waals surface area contributed by atoms with Crippen molar-refractivity contribution < 1.29 is 22.6 Å². The molecule has 0 spiro atoms. The molecule has 0 saturated carbocycles. The molecule has 0 aliphatic heterocycles. The molecule has 3 rings (SSSR count). The van der Waals surface area contributed by atoms with Gasteiger partial charge in [0, 0.05) is 18.9 Å². The van der Waals surface area contributed by atoms with E-state index < -0.39 is 11.7 Å². The third-order valence-corrected chi connectivity index (χ3v) is 3.63. The smallest absolute Gasteiger partial charge is 0.382 e. The second kappa shape index (κ2) is 7.20. The van der Waals surface area contributed by atoms with Crippen LogP contribution < -0.4 is 0 Å². The fourth-order valence-corrected chi connectivity index (χ4v) is 2.41. The third-order valence-electron chi connectivity index (χ3n) is 3.63. The van der Waals surface area contributed by atoms with E-state index in [0.717, 1.165) is 12.1 Å². The molecular weight excluding hydrogens is 335 g/mol. The number of aromatic nitrogens is 3. The van der Waals surface area contributed by atoms with Crippen LogP contribution in [0.15, 0.2) is 42.6 Å². The minimum atomic E-state index is -4.37. The van der Waals surface area contributed by atoms with Crippen molar-refractivity contribution in [2.45, 2.75) is 12.9 Å². The fourth-order valence-electron chi connectivity index (χ4n) is 2.41. The molecule has 0 amide bonds. The van der Waals surface area contributed by atoms with Crippen LogP contribution in [0.1, 0.15) is 5.56 Å². The van der Waals surface area contributed by atoms with Gasteiger partial charge in [0.1, 0.15) is 18.1 Å². The number of pyridine rings is 1. The highest BCUT2D eigenvalue weighted by molar-refractivity contribution is 5.77. The first-order valence-electron chi connectivity index (χ1n) is 7.56. The van der Waals surface area contributed by atoms with Crippen LogP contribution in [-0.2, 0) is 22.4 Å². The molecule has 0 bridgehead atoms. The van der Waals surface area contributed by atoms with Gasteiger partial charge in [-0.15, -0.1) is 0 Å². The summed E-state index contributed by atoms with van der Waals surface area (Å²) < 4.78 is 50.4. The summed E-state index contributed by atoms with van der Waals surface area (Å²) in [5.74, 6) is 0.500. The van der Waals surface area contributed by atoms with Gasteiger partial charge in [0.2, 0.25) is 0 Å². The van der Waals surface area contributed by atoms with E-state index >= 15 is 0 Å². The summed E-state index contributed by atoms with van der Waals surface area (Å²) in [5, 5.41) is 0. The number of fused-ring (bicyclic) bond motifs is 1. The summed E-state index contributed by atoms with van der Waals surface area (Å²) in [6.45, 7) is 0.998. The average molecular weight is 351 g/mol. The maximum atomic E-state index is 12.7. The Morgan fingerprint density at radius 3 is 2.52 bits per heavy atom. The number of ether oxygens (including phenoxy) is 2. The molecule has 0 saturated heterocycles. The molecule has 0 radical (unpaired) electrons. The Morgan fingerprint density at radius 2 is 1.84 bits per heavy atom. The summed E-state index contributed by atoms with van der Waals surface area (Å²) in [7, 11) is 1.57. The minimum Gasteiger partial charge on any atom is -0.382 e. The van der Waals surface area contributed by atoms with Crippen LogP contribution in [0.3, 0.4) is 0 Å². The highest BCUT2D eigenvalue weighted by atomic mass is 19.4. The Hall–Kier alpha value is -2.45. The van der Waals surface area contributed by atoms with Crippen LogP contribution in [0.25, 0.3) is 22.6 Å². The Kier molecular flexibility index (Phi) is 5.00. The third kappa shape index (κ3) is 3.80.